The lowest BCUT2D eigenvalue weighted by molar-refractivity contribution is 0.508. The summed E-state index contributed by atoms with van der Waals surface area (Å²) in [5.41, 5.74) is -0.150. The molecule has 0 saturated heterocycles. The van der Waals surface area contributed by atoms with Crippen molar-refractivity contribution in [1.82, 2.24) is 9.55 Å². The van der Waals surface area contributed by atoms with E-state index in [9.17, 15) is 13.2 Å². The van der Waals surface area contributed by atoms with Crippen LogP contribution in [0.25, 0.3) is 10.9 Å². The maximum atomic E-state index is 12.2. The van der Waals surface area contributed by atoms with Crippen LogP contribution in [0.1, 0.15) is 13.8 Å². The number of hydrogen-bond donors (Lipinski definition) is 0. The lowest BCUT2D eigenvalue weighted by Crippen LogP contribution is -2.23. The average molecular weight is 301 g/mol. The van der Waals surface area contributed by atoms with Gasteiger partial charge >= 0.3 is 0 Å². The third kappa shape index (κ3) is 2.79. The Morgan fingerprint density at radius 2 is 2.05 bits per heavy atom. The molecule has 0 saturated carbocycles. The van der Waals surface area contributed by atoms with Crippen LogP contribution >= 0.6 is 10.7 Å². The van der Waals surface area contributed by atoms with Gasteiger partial charge in [-0.3, -0.25) is 9.36 Å². The van der Waals surface area contributed by atoms with Crippen LogP contribution in [0.2, 0.25) is 0 Å². The zero-order valence-corrected chi connectivity index (χ0v) is 12.1. The van der Waals surface area contributed by atoms with Crippen LogP contribution < -0.4 is 5.56 Å². The Balaban J connectivity index is 2.77. The quantitative estimate of drug-likeness (QED) is 0.813. The first kappa shape index (κ1) is 14.0. The maximum absolute atomic E-state index is 12.2. The van der Waals surface area contributed by atoms with Gasteiger partial charge in [-0.05, 0) is 18.1 Å². The van der Waals surface area contributed by atoms with Crippen molar-refractivity contribution in [2.24, 2.45) is 5.92 Å². The van der Waals surface area contributed by atoms with Gasteiger partial charge in [0.2, 0.25) is 0 Å². The molecule has 7 heteroatoms. The molecule has 1 aromatic heterocycles. The second kappa shape index (κ2) is 4.94. The number of para-hydroxylation sites is 1. The van der Waals surface area contributed by atoms with Crippen molar-refractivity contribution in [3.63, 3.8) is 0 Å². The van der Waals surface area contributed by atoms with Gasteiger partial charge in [0.05, 0.1) is 17.2 Å². The van der Waals surface area contributed by atoms with Crippen LogP contribution in [0.4, 0.5) is 0 Å². The van der Waals surface area contributed by atoms with Crippen molar-refractivity contribution in [2.45, 2.75) is 25.3 Å². The summed E-state index contributed by atoms with van der Waals surface area (Å²) in [6, 6.07) is 4.37. The molecule has 2 rings (SSSR count). The molecule has 0 spiro atoms. The van der Waals surface area contributed by atoms with Gasteiger partial charge in [0.15, 0.2) is 0 Å². The predicted molar refractivity (Wildman–Crippen MR) is 73.9 cm³/mol. The first-order valence-corrected chi connectivity index (χ1v) is 8.04. The SMILES string of the molecule is CC(C)Cn1cnc2c(S(=O)(=O)Cl)cccc2c1=O. The van der Waals surface area contributed by atoms with Crippen LogP contribution in [0.15, 0.2) is 34.2 Å². The van der Waals surface area contributed by atoms with E-state index in [2.05, 4.69) is 4.98 Å². The third-order valence-electron chi connectivity index (χ3n) is 2.64. The van der Waals surface area contributed by atoms with Crippen LogP contribution in [-0.2, 0) is 15.6 Å². The van der Waals surface area contributed by atoms with E-state index in [1.54, 1.807) is 6.07 Å². The molecule has 0 amide bonds. The molecule has 2 aromatic rings. The highest BCUT2D eigenvalue weighted by Crippen LogP contribution is 2.21. The van der Waals surface area contributed by atoms with Gasteiger partial charge in [0.1, 0.15) is 4.90 Å². The van der Waals surface area contributed by atoms with E-state index >= 15 is 0 Å². The van der Waals surface area contributed by atoms with Crippen LogP contribution in [0.3, 0.4) is 0 Å². The minimum Gasteiger partial charge on any atom is -0.298 e. The standard InChI is InChI=1S/C12H13ClN2O3S/c1-8(2)6-15-7-14-11-9(12(15)16)4-3-5-10(11)19(13,17)18/h3-5,7-8H,6H2,1-2H3. The maximum Gasteiger partial charge on any atom is 0.263 e. The van der Waals surface area contributed by atoms with Gasteiger partial charge in [-0.2, -0.15) is 0 Å². The van der Waals surface area contributed by atoms with Crippen molar-refractivity contribution in [1.29, 1.82) is 0 Å². The third-order valence-corrected chi connectivity index (χ3v) is 3.99. The summed E-state index contributed by atoms with van der Waals surface area (Å²) >= 11 is 0. The van der Waals surface area contributed by atoms with Gasteiger partial charge in [0.25, 0.3) is 14.6 Å². The fourth-order valence-electron chi connectivity index (χ4n) is 1.88. The summed E-state index contributed by atoms with van der Waals surface area (Å²) in [4.78, 5) is 16.2. The minimum absolute atomic E-state index is 0.113. The Kier molecular flexibility index (Phi) is 3.64. The predicted octanol–water partition coefficient (Wildman–Crippen LogP) is 1.98. The summed E-state index contributed by atoms with van der Waals surface area (Å²) in [5.74, 6) is 0.289. The highest BCUT2D eigenvalue weighted by Gasteiger charge is 2.17. The molecule has 1 heterocycles. The summed E-state index contributed by atoms with van der Waals surface area (Å²) in [6.07, 6.45) is 1.36. The van der Waals surface area contributed by atoms with Crippen LogP contribution in [0, 0.1) is 5.92 Å². The fraction of sp³-hybridized carbons (Fsp3) is 0.333. The van der Waals surface area contributed by atoms with Crippen molar-refractivity contribution in [3.8, 4) is 0 Å². The van der Waals surface area contributed by atoms with Crippen molar-refractivity contribution in [3.05, 3.63) is 34.9 Å². The van der Waals surface area contributed by atoms with Gasteiger partial charge < -0.3 is 0 Å². The molecule has 0 fully saturated rings. The molecule has 0 bridgehead atoms. The highest BCUT2D eigenvalue weighted by molar-refractivity contribution is 8.14. The average Bonchev–Trinajstić information content (AvgIpc) is 2.30. The van der Waals surface area contributed by atoms with E-state index in [0.29, 0.717) is 6.54 Å². The highest BCUT2D eigenvalue weighted by atomic mass is 35.7. The molecule has 0 radical (unpaired) electrons. The van der Waals surface area contributed by atoms with Crippen LogP contribution in [0.5, 0.6) is 0 Å². The minimum atomic E-state index is -3.92. The topological polar surface area (TPSA) is 69.0 Å². The number of aromatic nitrogens is 2. The number of fused-ring (bicyclic) bond motifs is 1. The van der Waals surface area contributed by atoms with Gasteiger partial charge in [-0.25, -0.2) is 13.4 Å². The monoisotopic (exact) mass is 300 g/mol. The molecule has 0 aliphatic rings. The summed E-state index contributed by atoms with van der Waals surface area (Å²) in [6.45, 7) is 4.49. The molecule has 1 aromatic carbocycles. The van der Waals surface area contributed by atoms with E-state index in [4.69, 9.17) is 10.7 Å². The molecule has 0 N–H and O–H groups in total. The molecule has 19 heavy (non-hydrogen) atoms. The molecule has 0 unspecified atom stereocenters. The lowest BCUT2D eigenvalue weighted by atomic mass is 10.2. The van der Waals surface area contributed by atoms with Crippen molar-refractivity contribution >= 4 is 30.6 Å². The second-order valence-corrected chi connectivity index (χ2v) is 7.22. The fourth-order valence-corrected chi connectivity index (χ4v) is 2.89. The molecule has 0 aliphatic carbocycles. The Hall–Kier alpha value is -1.40. The Morgan fingerprint density at radius 3 is 2.63 bits per heavy atom. The van der Waals surface area contributed by atoms with Crippen LogP contribution in [-0.4, -0.2) is 18.0 Å². The molecule has 5 nitrogen and oxygen atoms in total. The summed E-state index contributed by atoms with van der Waals surface area (Å²) < 4.78 is 24.3. The van der Waals surface area contributed by atoms with E-state index in [1.807, 2.05) is 13.8 Å². The van der Waals surface area contributed by atoms with Crippen molar-refractivity contribution in [2.75, 3.05) is 0 Å². The molecular formula is C12H13ClN2O3S. The first-order chi connectivity index (χ1) is 8.80. The zero-order valence-electron chi connectivity index (χ0n) is 10.5. The first-order valence-electron chi connectivity index (χ1n) is 5.73. The van der Waals surface area contributed by atoms with Gasteiger partial charge in [-0.1, -0.05) is 19.9 Å². The normalized spacial score (nSPS) is 12.2. The number of rotatable bonds is 3. The Bertz CT molecular complexity index is 781. The largest absolute Gasteiger partial charge is 0.298 e. The van der Waals surface area contributed by atoms with E-state index < -0.39 is 9.05 Å². The second-order valence-electron chi connectivity index (χ2n) is 4.69. The molecule has 0 atom stereocenters. The van der Waals surface area contributed by atoms with Crippen molar-refractivity contribution < 1.29 is 8.42 Å². The van der Waals surface area contributed by atoms with E-state index in [-0.39, 0.29) is 27.3 Å². The summed E-state index contributed by atoms with van der Waals surface area (Å²) in [5, 5.41) is 0.255. The molecular weight excluding hydrogens is 288 g/mol. The number of hydrogen-bond acceptors (Lipinski definition) is 4. The lowest BCUT2D eigenvalue weighted by Gasteiger charge is -2.09. The van der Waals surface area contributed by atoms with Gasteiger partial charge in [-0.15, -0.1) is 0 Å². The number of benzene rings is 1. The number of halogens is 1. The Labute approximate surface area is 115 Å². The van der Waals surface area contributed by atoms with Gasteiger partial charge in [0, 0.05) is 17.2 Å². The number of nitrogens with zero attached hydrogens (tertiary/aromatic N) is 2. The van der Waals surface area contributed by atoms with E-state index in [0.717, 1.165) is 0 Å². The Morgan fingerprint density at radius 1 is 1.37 bits per heavy atom. The smallest absolute Gasteiger partial charge is 0.263 e. The molecule has 0 aliphatic heterocycles. The molecule has 102 valence electrons. The summed E-state index contributed by atoms with van der Waals surface area (Å²) in [7, 11) is 1.42. The van der Waals surface area contributed by atoms with E-state index in [1.165, 1.54) is 23.0 Å². The zero-order chi connectivity index (χ0) is 14.2.